The van der Waals surface area contributed by atoms with Crippen LogP contribution in [0.3, 0.4) is 0 Å². The number of amides is 1. The van der Waals surface area contributed by atoms with Gasteiger partial charge in [-0.2, -0.15) is 0 Å². The van der Waals surface area contributed by atoms with Gasteiger partial charge in [0.05, 0.1) is 0 Å². The molecule has 0 aliphatic carbocycles. The normalized spacial score (nSPS) is 13.5. The van der Waals surface area contributed by atoms with E-state index < -0.39 is 0 Å². The Hall–Kier alpha value is -2.09. The molecule has 0 bridgehead atoms. The lowest BCUT2D eigenvalue weighted by atomic mass is 10.0. The van der Waals surface area contributed by atoms with Crippen molar-refractivity contribution in [2.45, 2.75) is 20.3 Å². The molecule has 1 amide bonds. The number of carbonyl (C=O) groups is 1. The Morgan fingerprint density at radius 2 is 1.84 bits per heavy atom. The molecule has 3 rings (SSSR count). The fourth-order valence-corrected chi connectivity index (χ4v) is 2.68. The van der Waals surface area contributed by atoms with Crippen molar-refractivity contribution in [2.24, 2.45) is 0 Å². The highest BCUT2D eigenvalue weighted by Gasteiger charge is 2.25. The maximum atomic E-state index is 12.7. The Balaban J connectivity index is 2.00. The molecule has 0 saturated carbocycles. The Bertz CT molecular complexity index is 645. The van der Waals surface area contributed by atoms with Crippen LogP contribution in [0.2, 0.25) is 0 Å². The highest BCUT2D eigenvalue weighted by molar-refractivity contribution is 6.08. The van der Waals surface area contributed by atoms with Crippen molar-refractivity contribution in [3.05, 3.63) is 64.7 Å². The van der Waals surface area contributed by atoms with Crippen LogP contribution in [-0.4, -0.2) is 12.5 Å². The number of para-hydroxylation sites is 1. The third-order valence-corrected chi connectivity index (χ3v) is 3.97. The summed E-state index contributed by atoms with van der Waals surface area (Å²) in [5.74, 6) is 0.117. The van der Waals surface area contributed by atoms with E-state index in [9.17, 15) is 4.79 Å². The Kier molecular flexibility index (Phi) is 2.86. The van der Waals surface area contributed by atoms with Crippen LogP contribution in [0.15, 0.2) is 42.5 Å². The summed E-state index contributed by atoms with van der Waals surface area (Å²) < 4.78 is 0. The van der Waals surface area contributed by atoms with Crippen LogP contribution in [0.4, 0.5) is 5.69 Å². The van der Waals surface area contributed by atoms with Crippen LogP contribution in [0.25, 0.3) is 0 Å². The number of benzene rings is 2. The van der Waals surface area contributed by atoms with Crippen LogP contribution in [0, 0.1) is 13.8 Å². The number of nitrogens with zero attached hydrogens (tertiary/aromatic N) is 1. The highest BCUT2D eigenvalue weighted by Crippen LogP contribution is 2.29. The smallest absolute Gasteiger partial charge is 0.258 e. The topological polar surface area (TPSA) is 20.3 Å². The zero-order valence-electron chi connectivity index (χ0n) is 11.3. The lowest BCUT2D eigenvalue weighted by Crippen LogP contribution is -2.29. The van der Waals surface area contributed by atoms with Crippen molar-refractivity contribution in [3.8, 4) is 0 Å². The molecule has 0 fully saturated rings. The van der Waals surface area contributed by atoms with Crippen molar-refractivity contribution in [3.63, 3.8) is 0 Å². The van der Waals surface area contributed by atoms with Crippen molar-refractivity contribution in [1.82, 2.24) is 0 Å². The molecule has 0 unspecified atom stereocenters. The zero-order valence-corrected chi connectivity index (χ0v) is 11.3. The van der Waals surface area contributed by atoms with E-state index in [2.05, 4.69) is 6.07 Å². The molecule has 0 spiro atoms. The van der Waals surface area contributed by atoms with Gasteiger partial charge in [0.2, 0.25) is 0 Å². The lowest BCUT2D eigenvalue weighted by molar-refractivity contribution is 0.0988. The van der Waals surface area contributed by atoms with Crippen molar-refractivity contribution in [2.75, 3.05) is 11.4 Å². The molecule has 1 heterocycles. The van der Waals surface area contributed by atoms with E-state index in [1.165, 1.54) is 11.1 Å². The molecule has 0 N–H and O–H groups in total. The molecule has 0 saturated heterocycles. The molecule has 19 heavy (non-hydrogen) atoms. The molecule has 96 valence electrons. The van der Waals surface area contributed by atoms with Gasteiger partial charge in [0, 0.05) is 17.8 Å². The summed E-state index contributed by atoms with van der Waals surface area (Å²) in [6.07, 6.45) is 0.951. The molecular weight excluding hydrogens is 234 g/mol. The third-order valence-electron chi connectivity index (χ3n) is 3.97. The van der Waals surface area contributed by atoms with Crippen LogP contribution in [-0.2, 0) is 6.42 Å². The summed E-state index contributed by atoms with van der Waals surface area (Å²) in [7, 11) is 0. The third kappa shape index (κ3) is 1.93. The summed E-state index contributed by atoms with van der Waals surface area (Å²) in [6.45, 7) is 4.85. The second kappa shape index (κ2) is 4.54. The maximum Gasteiger partial charge on any atom is 0.258 e. The number of hydrogen-bond acceptors (Lipinski definition) is 1. The van der Waals surface area contributed by atoms with Gasteiger partial charge in [0.1, 0.15) is 0 Å². The summed E-state index contributed by atoms with van der Waals surface area (Å²) in [6, 6.07) is 14.1. The average molecular weight is 251 g/mol. The number of hydrogen-bond donors (Lipinski definition) is 0. The number of carbonyl (C=O) groups excluding carboxylic acids is 1. The van der Waals surface area contributed by atoms with E-state index in [1.807, 2.05) is 55.1 Å². The number of anilines is 1. The molecule has 1 aliphatic rings. The van der Waals surface area contributed by atoms with Gasteiger partial charge in [0.15, 0.2) is 0 Å². The molecule has 0 aromatic heterocycles. The molecule has 1 aliphatic heterocycles. The average Bonchev–Trinajstić information content (AvgIpc) is 2.85. The minimum atomic E-state index is 0.117. The van der Waals surface area contributed by atoms with Crippen LogP contribution in [0.5, 0.6) is 0 Å². The minimum absolute atomic E-state index is 0.117. The first-order chi connectivity index (χ1) is 9.18. The van der Waals surface area contributed by atoms with Gasteiger partial charge >= 0.3 is 0 Å². The number of aryl methyl sites for hydroxylation is 1. The van der Waals surface area contributed by atoms with Gasteiger partial charge in [-0.1, -0.05) is 30.3 Å². The Morgan fingerprint density at radius 1 is 1.05 bits per heavy atom. The maximum absolute atomic E-state index is 12.7. The van der Waals surface area contributed by atoms with Gasteiger partial charge in [-0.25, -0.2) is 0 Å². The van der Waals surface area contributed by atoms with E-state index in [1.54, 1.807) is 0 Å². The van der Waals surface area contributed by atoms with E-state index in [4.69, 9.17) is 0 Å². The molecule has 2 nitrogen and oxygen atoms in total. The van der Waals surface area contributed by atoms with Crippen molar-refractivity contribution < 1.29 is 4.79 Å². The molecule has 2 aromatic rings. The van der Waals surface area contributed by atoms with E-state index in [0.717, 1.165) is 29.8 Å². The zero-order chi connectivity index (χ0) is 13.4. The van der Waals surface area contributed by atoms with Gasteiger partial charge in [-0.05, 0) is 49.1 Å². The summed E-state index contributed by atoms with van der Waals surface area (Å²) in [5.41, 5.74) is 5.39. The van der Waals surface area contributed by atoms with Crippen molar-refractivity contribution >= 4 is 11.6 Å². The van der Waals surface area contributed by atoms with Gasteiger partial charge in [-0.15, -0.1) is 0 Å². The molecule has 2 heteroatoms. The standard InChI is InChI=1S/C17H17NO/c1-12-6-5-8-15(13(12)2)17(19)18-11-10-14-7-3-4-9-16(14)18/h3-9H,10-11H2,1-2H3. The van der Waals surface area contributed by atoms with E-state index in [0.29, 0.717) is 0 Å². The second-order valence-electron chi connectivity index (χ2n) is 5.08. The van der Waals surface area contributed by atoms with Gasteiger partial charge < -0.3 is 4.90 Å². The molecule has 2 aromatic carbocycles. The monoisotopic (exact) mass is 251 g/mol. The Labute approximate surface area is 113 Å². The SMILES string of the molecule is Cc1cccc(C(=O)N2CCc3ccccc32)c1C. The Morgan fingerprint density at radius 3 is 2.68 bits per heavy atom. The van der Waals surface area contributed by atoms with Crippen LogP contribution < -0.4 is 4.90 Å². The quantitative estimate of drug-likeness (QED) is 0.759. The first-order valence-electron chi connectivity index (χ1n) is 6.64. The fraction of sp³-hybridized carbons (Fsp3) is 0.235. The highest BCUT2D eigenvalue weighted by atomic mass is 16.2. The minimum Gasteiger partial charge on any atom is -0.308 e. The predicted molar refractivity (Wildman–Crippen MR) is 77.7 cm³/mol. The first kappa shape index (κ1) is 12.0. The van der Waals surface area contributed by atoms with Gasteiger partial charge in [-0.3, -0.25) is 4.79 Å². The van der Waals surface area contributed by atoms with Crippen LogP contribution >= 0.6 is 0 Å². The second-order valence-corrected chi connectivity index (χ2v) is 5.08. The predicted octanol–water partition coefficient (Wildman–Crippen LogP) is 3.51. The summed E-state index contributed by atoms with van der Waals surface area (Å²) in [5, 5.41) is 0. The first-order valence-corrected chi connectivity index (χ1v) is 6.64. The summed E-state index contributed by atoms with van der Waals surface area (Å²) in [4.78, 5) is 14.6. The molecule has 0 radical (unpaired) electrons. The number of rotatable bonds is 1. The molecular formula is C17H17NO. The summed E-state index contributed by atoms with van der Waals surface area (Å²) >= 11 is 0. The van der Waals surface area contributed by atoms with E-state index >= 15 is 0 Å². The van der Waals surface area contributed by atoms with Crippen molar-refractivity contribution in [1.29, 1.82) is 0 Å². The number of fused-ring (bicyclic) bond motifs is 1. The van der Waals surface area contributed by atoms with E-state index in [-0.39, 0.29) is 5.91 Å². The largest absolute Gasteiger partial charge is 0.308 e. The van der Waals surface area contributed by atoms with Gasteiger partial charge in [0.25, 0.3) is 5.91 Å². The fourth-order valence-electron chi connectivity index (χ4n) is 2.68. The lowest BCUT2D eigenvalue weighted by Gasteiger charge is -2.19. The van der Waals surface area contributed by atoms with Crippen LogP contribution in [0.1, 0.15) is 27.0 Å². The molecule has 0 atom stereocenters.